The van der Waals surface area contributed by atoms with Crippen molar-refractivity contribution in [1.82, 2.24) is 0 Å². The number of halogens is 1. The van der Waals surface area contributed by atoms with Gasteiger partial charge in [0.2, 0.25) is 0 Å². The van der Waals surface area contributed by atoms with E-state index in [2.05, 4.69) is 84.5 Å². The predicted octanol–water partition coefficient (Wildman–Crippen LogP) is 8.24. The van der Waals surface area contributed by atoms with Crippen LogP contribution in [0.2, 0.25) is 0 Å². The summed E-state index contributed by atoms with van der Waals surface area (Å²) in [7, 11) is 1.60. The summed E-state index contributed by atoms with van der Waals surface area (Å²) in [6, 6.07) is 21.8. The Kier molecular flexibility index (Phi) is 8.52. The lowest BCUT2D eigenvalue weighted by Gasteiger charge is -2.32. The molecular weight excluding hydrogens is 579 g/mol. The standard InChI is InChI=1S/C31H29IO3S/c1-21-4-9-23(10-5-21)26-16-17-31(2,3)28-20-25(13-14-27(26)28)29(33)15-8-22-6-11-24(12-7-22)30(34)35-18-19-36-32/h4-16,20H,17-19H2,1-3H3/b15-8+. The van der Waals surface area contributed by atoms with Crippen molar-refractivity contribution in [2.24, 2.45) is 0 Å². The number of ether oxygens (including phenoxy) is 1. The summed E-state index contributed by atoms with van der Waals surface area (Å²) in [5.41, 5.74) is 8.04. The number of hydrogen-bond acceptors (Lipinski definition) is 4. The summed E-state index contributed by atoms with van der Waals surface area (Å²) >= 11 is 2.18. The van der Waals surface area contributed by atoms with Gasteiger partial charge in [-0.25, -0.2) is 4.79 Å². The second-order valence-electron chi connectivity index (χ2n) is 9.60. The van der Waals surface area contributed by atoms with Gasteiger partial charge in [-0.15, -0.1) is 0 Å². The van der Waals surface area contributed by atoms with Crippen LogP contribution in [0.4, 0.5) is 0 Å². The zero-order valence-corrected chi connectivity index (χ0v) is 23.7. The minimum atomic E-state index is -0.331. The number of carbonyl (C=O) groups is 2. The summed E-state index contributed by atoms with van der Waals surface area (Å²) in [6.07, 6.45) is 6.62. The van der Waals surface area contributed by atoms with Crippen LogP contribution in [-0.4, -0.2) is 24.1 Å². The molecule has 0 saturated heterocycles. The second kappa shape index (κ2) is 11.6. The largest absolute Gasteiger partial charge is 0.461 e. The Morgan fingerprint density at radius 2 is 1.69 bits per heavy atom. The van der Waals surface area contributed by atoms with Gasteiger partial charge in [0.05, 0.1) is 5.56 Å². The van der Waals surface area contributed by atoms with Crippen LogP contribution in [-0.2, 0) is 10.2 Å². The number of ketones is 1. The summed E-state index contributed by atoms with van der Waals surface area (Å²) < 4.78 is 5.23. The lowest BCUT2D eigenvalue weighted by atomic mass is 9.71. The van der Waals surface area contributed by atoms with E-state index in [1.165, 1.54) is 27.8 Å². The van der Waals surface area contributed by atoms with Crippen LogP contribution < -0.4 is 0 Å². The van der Waals surface area contributed by atoms with E-state index >= 15 is 0 Å². The van der Waals surface area contributed by atoms with Crippen LogP contribution >= 0.6 is 30.1 Å². The van der Waals surface area contributed by atoms with Gasteiger partial charge < -0.3 is 4.74 Å². The van der Waals surface area contributed by atoms with Crippen molar-refractivity contribution >= 4 is 53.5 Å². The van der Waals surface area contributed by atoms with Crippen molar-refractivity contribution in [3.63, 3.8) is 0 Å². The first-order valence-corrected chi connectivity index (χ1v) is 15.5. The van der Waals surface area contributed by atoms with Gasteiger partial charge in [-0.05, 0) is 92.1 Å². The quantitative estimate of drug-likeness (QED) is 0.0850. The predicted molar refractivity (Wildman–Crippen MR) is 159 cm³/mol. The van der Waals surface area contributed by atoms with E-state index in [0.29, 0.717) is 17.7 Å². The summed E-state index contributed by atoms with van der Waals surface area (Å²) in [4.78, 5) is 25.1. The molecule has 36 heavy (non-hydrogen) atoms. The van der Waals surface area contributed by atoms with Gasteiger partial charge in [-0.3, -0.25) is 4.79 Å². The number of aryl methyl sites for hydroxylation is 1. The van der Waals surface area contributed by atoms with Gasteiger partial charge in [-0.1, -0.05) is 89.0 Å². The number of rotatable bonds is 8. The van der Waals surface area contributed by atoms with E-state index in [1.54, 1.807) is 33.2 Å². The normalized spacial score (nSPS) is 14.3. The van der Waals surface area contributed by atoms with Crippen molar-refractivity contribution < 1.29 is 14.3 Å². The molecule has 0 spiro atoms. The molecule has 1 aliphatic rings. The number of benzene rings is 3. The van der Waals surface area contributed by atoms with E-state index in [9.17, 15) is 9.59 Å². The molecule has 0 fully saturated rings. The average Bonchev–Trinajstić information content (AvgIpc) is 2.88. The number of esters is 1. The molecule has 184 valence electrons. The Morgan fingerprint density at radius 1 is 1.00 bits per heavy atom. The van der Waals surface area contributed by atoms with E-state index in [1.807, 2.05) is 18.2 Å². The summed E-state index contributed by atoms with van der Waals surface area (Å²) in [5, 5.41) is 0. The molecule has 0 atom stereocenters. The topological polar surface area (TPSA) is 43.4 Å². The highest BCUT2D eigenvalue weighted by molar-refractivity contribution is 14.2. The maximum absolute atomic E-state index is 13.0. The highest BCUT2D eigenvalue weighted by atomic mass is 127. The molecule has 0 heterocycles. The molecule has 3 nitrogen and oxygen atoms in total. The highest BCUT2D eigenvalue weighted by Gasteiger charge is 2.29. The molecular formula is C31H29IO3S. The highest BCUT2D eigenvalue weighted by Crippen LogP contribution is 2.41. The first kappa shape index (κ1) is 26.4. The Bertz CT molecular complexity index is 1320. The van der Waals surface area contributed by atoms with Crippen molar-refractivity contribution in [3.8, 4) is 0 Å². The monoisotopic (exact) mass is 608 g/mol. The molecule has 0 N–H and O–H groups in total. The first-order chi connectivity index (χ1) is 17.3. The second-order valence-corrected chi connectivity index (χ2v) is 12.1. The van der Waals surface area contributed by atoms with Gasteiger partial charge in [0.1, 0.15) is 6.61 Å². The number of hydrogen-bond donors (Lipinski definition) is 0. The van der Waals surface area contributed by atoms with E-state index in [4.69, 9.17) is 4.74 Å². The van der Waals surface area contributed by atoms with Crippen molar-refractivity contribution in [3.05, 3.63) is 118 Å². The maximum atomic E-state index is 13.0. The molecule has 0 saturated carbocycles. The fourth-order valence-electron chi connectivity index (χ4n) is 4.32. The summed E-state index contributed by atoms with van der Waals surface area (Å²) in [5.74, 6) is 0.390. The third-order valence-corrected chi connectivity index (χ3v) is 8.11. The zero-order chi connectivity index (χ0) is 25.7. The first-order valence-electron chi connectivity index (χ1n) is 11.9. The third-order valence-electron chi connectivity index (χ3n) is 6.47. The number of carbonyl (C=O) groups excluding carboxylic acids is 2. The molecule has 0 unspecified atom stereocenters. The van der Waals surface area contributed by atoms with E-state index in [0.717, 1.165) is 17.7 Å². The van der Waals surface area contributed by atoms with Crippen LogP contribution in [0, 0.1) is 6.92 Å². The van der Waals surface area contributed by atoms with Crippen molar-refractivity contribution in [2.45, 2.75) is 32.6 Å². The van der Waals surface area contributed by atoms with Crippen LogP contribution in [0.25, 0.3) is 11.6 Å². The third kappa shape index (κ3) is 6.19. The maximum Gasteiger partial charge on any atom is 0.338 e. The van der Waals surface area contributed by atoms with E-state index in [-0.39, 0.29) is 17.2 Å². The fraction of sp³-hybridized carbons (Fsp3) is 0.226. The Balaban J connectivity index is 1.51. The van der Waals surface area contributed by atoms with Crippen LogP contribution in [0.3, 0.4) is 0 Å². The lowest BCUT2D eigenvalue weighted by molar-refractivity contribution is 0.0530. The average molecular weight is 609 g/mol. The molecule has 0 aromatic heterocycles. The minimum absolute atomic E-state index is 0.0418. The van der Waals surface area contributed by atoms with Gasteiger partial charge in [0.25, 0.3) is 0 Å². The van der Waals surface area contributed by atoms with Crippen molar-refractivity contribution in [2.75, 3.05) is 12.4 Å². The van der Waals surface area contributed by atoms with Crippen LogP contribution in [0.1, 0.15) is 68.8 Å². The van der Waals surface area contributed by atoms with Gasteiger partial charge >= 0.3 is 5.97 Å². The molecule has 3 aromatic carbocycles. The van der Waals surface area contributed by atoms with E-state index < -0.39 is 0 Å². The summed E-state index contributed by atoms with van der Waals surface area (Å²) in [6.45, 7) is 6.94. The zero-order valence-electron chi connectivity index (χ0n) is 20.7. The Hall–Kier alpha value is -2.64. The molecule has 0 bridgehead atoms. The molecule has 1 aliphatic carbocycles. The Labute approximate surface area is 229 Å². The number of fused-ring (bicyclic) bond motifs is 1. The SMILES string of the molecule is Cc1ccc(C2=CCC(C)(C)c3cc(C(=O)/C=C/c4ccc(C(=O)OCCSI)cc4)ccc32)cc1. The van der Waals surface area contributed by atoms with Gasteiger partial charge in [-0.2, -0.15) is 0 Å². The Morgan fingerprint density at radius 3 is 2.39 bits per heavy atom. The smallest absolute Gasteiger partial charge is 0.338 e. The van der Waals surface area contributed by atoms with Crippen LogP contribution in [0.5, 0.6) is 0 Å². The van der Waals surface area contributed by atoms with Crippen molar-refractivity contribution in [1.29, 1.82) is 0 Å². The van der Waals surface area contributed by atoms with Crippen LogP contribution in [0.15, 0.2) is 78.9 Å². The molecule has 0 amide bonds. The molecule has 0 radical (unpaired) electrons. The molecule has 4 rings (SSSR count). The minimum Gasteiger partial charge on any atom is -0.461 e. The number of allylic oxidation sites excluding steroid dienone is 2. The van der Waals surface area contributed by atoms with Gasteiger partial charge in [0.15, 0.2) is 5.78 Å². The van der Waals surface area contributed by atoms with Gasteiger partial charge in [0, 0.05) is 11.3 Å². The lowest BCUT2D eigenvalue weighted by Crippen LogP contribution is -2.22. The molecule has 3 aromatic rings. The molecule has 5 heteroatoms. The fourth-order valence-corrected chi connectivity index (χ4v) is 5.01. The molecule has 0 aliphatic heterocycles.